The molecule has 0 aromatic heterocycles. The highest BCUT2D eigenvalue weighted by molar-refractivity contribution is 7.99. The van der Waals surface area contributed by atoms with Crippen molar-refractivity contribution in [3.63, 3.8) is 0 Å². The molecule has 0 saturated carbocycles. The molecule has 2 aliphatic rings. The molecule has 2 fully saturated rings. The predicted molar refractivity (Wildman–Crippen MR) is 73.6 cm³/mol. The molecule has 2 saturated heterocycles. The molecule has 4 nitrogen and oxygen atoms in total. The molecule has 1 amide bonds. The first kappa shape index (κ1) is 13.5. The van der Waals surface area contributed by atoms with Crippen LogP contribution in [0.15, 0.2) is 0 Å². The molecular formula is C11H20N2O2S2. The maximum Gasteiger partial charge on any atom is 0.240 e. The van der Waals surface area contributed by atoms with Gasteiger partial charge in [0.25, 0.3) is 0 Å². The maximum atomic E-state index is 12.4. The summed E-state index contributed by atoms with van der Waals surface area (Å²) in [5.74, 6) is 4.32. The molecule has 6 heteroatoms. The molecule has 0 bridgehead atoms. The molecule has 2 atom stereocenters. The van der Waals surface area contributed by atoms with E-state index in [-0.39, 0.29) is 11.9 Å². The third kappa shape index (κ3) is 3.53. The summed E-state index contributed by atoms with van der Waals surface area (Å²) >= 11 is 3.74. The number of carbonyl (C=O) groups excluding carboxylic acids is 1. The predicted octanol–water partition coefficient (Wildman–Crippen LogP) is 0.629. The number of rotatable bonds is 5. The van der Waals surface area contributed by atoms with E-state index in [2.05, 4.69) is 5.32 Å². The van der Waals surface area contributed by atoms with Crippen LogP contribution in [0.3, 0.4) is 0 Å². The van der Waals surface area contributed by atoms with Crippen LogP contribution in [0.2, 0.25) is 0 Å². The maximum absolute atomic E-state index is 12.4. The molecule has 0 aromatic carbocycles. The van der Waals surface area contributed by atoms with Gasteiger partial charge in [0.2, 0.25) is 5.91 Å². The van der Waals surface area contributed by atoms with Crippen LogP contribution in [0.25, 0.3) is 0 Å². The minimum Gasteiger partial charge on any atom is -0.383 e. The Morgan fingerprint density at radius 1 is 1.47 bits per heavy atom. The van der Waals surface area contributed by atoms with Crippen molar-refractivity contribution in [3.05, 3.63) is 0 Å². The Bertz CT molecular complexity index is 254. The van der Waals surface area contributed by atoms with Gasteiger partial charge < -0.3 is 9.64 Å². The average Bonchev–Trinajstić information content (AvgIpc) is 3.02. The average molecular weight is 276 g/mol. The van der Waals surface area contributed by atoms with Gasteiger partial charge in [-0.15, -0.1) is 11.8 Å². The van der Waals surface area contributed by atoms with Crippen LogP contribution in [0.4, 0.5) is 0 Å². The van der Waals surface area contributed by atoms with Gasteiger partial charge in [0.05, 0.1) is 12.6 Å². The zero-order valence-electron chi connectivity index (χ0n) is 10.2. The summed E-state index contributed by atoms with van der Waals surface area (Å²) in [5.41, 5.74) is 0. The van der Waals surface area contributed by atoms with Gasteiger partial charge in [-0.05, 0) is 12.2 Å². The monoisotopic (exact) mass is 276 g/mol. The van der Waals surface area contributed by atoms with Crippen LogP contribution in [-0.4, -0.2) is 66.3 Å². The van der Waals surface area contributed by atoms with E-state index in [1.807, 2.05) is 16.7 Å². The van der Waals surface area contributed by atoms with Crippen molar-refractivity contribution in [2.75, 3.05) is 43.4 Å². The fourth-order valence-corrected chi connectivity index (χ4v) is 4.34. The molecule has 98 valence electrons. The van der Waals surface area contributed by atoms with Crippen molar-refractivity contribution in [2.45, 2.75) is 18.5 Å². The molecule has 2 unspecified atom stereocenters. The molecule has 2 aliphatic heterocycles. The van der Waals surface area contributed by atoms with E-state index in [1.165, 1.54) is 5.75 Å². The van der Waals surface area contributed by atoms with Gasteiger partial charge in [0.15, 0.2) is 0 Å². The van der Waals surface area contributed by atoms with E-state index in [0.29, 0.717) is 12.6 Å². The second-order valence-corrected chi connectivity index (χ2v) is 6.49. The summed E-state index contributed by atoms with van der Waals surface area (Å²) in [6, 6.07) is 0.428. The van der Waals surface area contributed by atoms with Gasteiger partial charge in [-0.25, -0.2) is 0 Å². The summed E-state index contributed by atoms with van der Waals surface area (Å²) in [7, 11) is 1.69. The molecule has 1 N–H and O–H groups in total. The van der Waals surface area contributed by atoms with E-state index in [1.54, 1.807) is 18.9 Å². The quantitative estimate of drug-likeness (QED) is 0.798. The SMILES string of the molecule is COCCN(C(=O)C1CSCN1)C1CCSC1. The number of amides is 1. The van der Waals surface area contributed by atoms with Crippen molar-refractivity contribution in [1.82, 2.24) is 10.2 Å². The molecule has 2 heterocycles. The third-order valence-electron chi connectivity index (χ3n) is 3.18. The van der Waals surface area contributed by atoms with E-state index in [9.17, 15) is 4.79 Å². The zero-order valence-corrected chi connectivity index (χ0v) is 11.8. The number of methoxy groups -OCH3 is 1. The fraction of sp³-hybridized carbons (Fsp3) is 0.909. The fourth-order valence-electron chi connectivity index (χ4n) is 2.18. The summed E-state index contributed by atoms with van der Waals surface area (Å²) in [6.07, 6.45) is 1.12. The molecule has 0 radical (unpaired) electrons. The standard InChI is InChI=1S/C11H20N2O2S2/c1-15-4-3-13(9-2-5-16-6-9)11(14)10-7-17-8-12-10/h9-10,12H,2-8H2,1H3. The first-order chi connectivity index (χ1) is 8.33. The van der Waals surface area contributed by atoms with Gasteiger partial charge in [-0.1, -0.05) is 0 Å². The highest BCUT2D eigenvalue weighted by Gasteiger charge is 2.32. The summed E-state index contributed by atoms with van der Waals surface area (Å²) in [5, 5.41) is 3.26. The number of hydrogen-bond acceptors (Lipinski definition) is 5. The lowest BCUT2D eigenvalue weighted by Gasteiger charge is -2.30. The van der Waals surface area contributed by atoms with Crippen LogP contribution in [0, 0.1) is 0 Å². The summed E-state index contributed by atoms with van der Waals surface area (Å²) in [4.78, 5) is 14.5. The first-order valence-electron chi connectivity index (χ1n) is 6.01. The van der Waals surface area contributed by atoms with Crippen LogP contribution in [0.5, 0.6) is 0 Å². The minimum absolute atomic E-state index is 0.0162. The second-order valence-electron chi connectivity index (χ2n) is 4.31. The van der Waals surface area contributed by atoms with Crippen molar-refractivity contribution >= 4 is 29.4 Å². The van der Waals surface area contributed by atoms with Crippen molar-refractivity contribution in [2.24, 2.45) is 0 Å². The zero-order chi connectivity index (χ0) is 12.1. The Hall–Kier alpha value is 0.0900. The van der Waals surface area contributed by atoms with Crippen molar-refractivity contribution in [1.29, 1.82) is 0 Å². The molecule has 0 aliphatic carbocycles. The van der Waals surface area contributed by atoms with Crippen LogP contribution >= 0.6 is 23.5 Å². The summed E-state index contributed by atoms with van der Waals surface area (Å²) in [6.45, 7) is 1.36. The number of ether oxygens (including phenoxy) is 1. The normalized spacial score (nSPS) is 28.5. The molecule has 0 aromatic rings. The van der Waals surface area contributed by atoms with Gasteiger partial charge in [-0.3, -0.25) is 10.1 Å². The molecule has 0 spiro atoms. The topological polar surface area (TPSA) is 41.6 Å². The van der Waals surface area contributed by atoms with E-state index >= 15 is 0 Å². The van der Waals surface area contributed by atoms with Gasteiger partial charge >= 0.3 is 0 Å². The number of thioether (sulfide) groups is 2. The van der Waals surface area contributed by atoms with Crippen LogP contribution in [0.1, 0.15) is 6.42 Å². The molecule has 17 heavy (non-hydrogen) atoms. The Morgan fingerprint density at radius 2 is 2.35 bits per heavy atom. The number of nitrogens with one attached hydrogen (secondary N) is 1. The first-order valence-corrected chi connectivity index (χ1v) is 8.32. The Labute approximate surface area is 111 Å². The number of hydrogen-bond donors (Lipinski definition) is 1. The van der Waals surface area contributed by atoms with Crippen molar-refractivity contribution in [3.8, 4) is 0 Å². The lowest BCUT2D eigenvalue weighted by Crippen LogP contribution is -2.50. The van der Waals surface area contributed by atoms with E-state index in [0.717, 1.165) is 30.3 Å². The molecular weight excluding hydrogens is 256 g/mol. The van der Waals surface area contributed by atoms with Gasteiger partial charge in [0, 0.05) is 37.1 Å². The minimum atomic E-state index is 0.0162. The Balaban J connectivity index is 1.94. The number of carbonyl (C=O) groups is 1. The van der Waals surface area contributed by atoms with Crippen LogP contribution in [-0.2, 0) is 9.53 Å². The van der Waals surface area contributed by atoms with Crippen molar-refractivity contribution < 1.29 is 9.53 Å². The second kappa shape index (κ2) is 6.87. The smallest absolute Gasteiger partial charge is 0.240 e. The Kier molecular flexibility index (Phi) is 5.47. The lowest BCUT2D eigenvalue weighted by molar-refractivity contribution is -0.135. The number of nitrogens with zero attached hydrogens (tertiary/aromatic N) is 1. The van der Waals surface area contributed by atoms with E-state index in [4.69, 9.17) is 4.74 Å². The summed E-state index contributed by atoms with van der Waals surface area (Å²) < 4.78 is 5.12. The van der Waals surface area contributed by atoms with Gasteiger partial charge in [-0.2, -0.15) is 11.8 Å². The molecule has 2 rings (SSSR count). The largest absolute Gasteiger partial charge is 0.383 e. The van der Waals surface area contributed by atoms with Crippen LogP contribution < -0.4 is 5.32 Å². The van der Waals surface area contributed by atoms with E-state index < -0.39 is 0 Å². The highest BCUT2D eigenvalue weighted by Crippen LogP contribution is 2.24. The lowest BCUT2D eigenvalue weighted by atomic mass is 10.2. The Morgan fingerprint density at radius 3 is 2.94 bits per heavy atom. The third-order valence-corrected chi connectivity index (χ3v) is 5.26. The van der Waals surface area contributed by atoms with Gasteiger partial charge in [0.1, 0.15) is 0 Å². The highest BCUT2D eigenvalue weighted by atomic mass is 32.2.